The summed E-state index contributed by atoms with van der Waals surface area (Å²) in [6, 6.07) is 6.00. The number of nitrogens with one attached hydrogen (secondary N) is 1. The molecule has 4 nitrogen and oxygen atoms in total. The monoisotopic (exact) mass is 348 g/mol. The first-order chi connectivity index (χ1) is 9.72. The van der Waals surface area contributed by atoms with Gasteiger partial charge in [-0.1, -0.05) is 15.9 Å². The van der Waals surface area contributed by atoms with Crippen LogP contribution in [0.1, 0.15) is 10.7 Å². The van der Waals surface area contributed by atoms with Gasteiger partial charge in [-0.15, -0.1) is 11.3 Å². The minimum Gasteiger partial charge on any atom is -0.369 e. The number of anilines is 1. The van der Waals surface area contributed by atoms with Crippen molar-refractivity contribution in [2.75, 3.05) is 11.9 Å². The van der Waals surface area contributed by atoms with E-state index in [0.29, 0.717) is 0 Å². The Morgan fingerprint density at radius 1 is 1.30 bits per heavy atom. The average molecular weight is 349 g/mol. The van der Waals surface area contributed by atoms with Crippen molar-refractivity contribution in [2.24, 2.45) is 0 Å². The van der Waals surface area contributed by atoms with Crippen LogP contribution in [0.4, 0.5) is 5.82 Å². The molecule has 0 saturated heterocycles. The summed E-state index contributed by atoms with van der Waals surface area (Å²) in [6.07, 6.45) is 2.49. The molecular formula is C14H13BrN4S. The van der Waals surface area contributed by atoms with Crippen LogP contribution in [-0.2, 0) is 6.42 Å². The summed E-state index contributed by atoms with van der Waals surface area (Å²) < 4.78 is 1.03. The molecule has 0 aliphatic carbocycles. The topological polar surface area (TPSA) is 50.7 Å². The van der Waals surface area contributed by atoms with Crippen LogP contribution in [-0.4, -0.2) is 21.5 Å². The van der Waals surface area contributed by atoms with Gasteiger partial charge in [0.2, 0.25) is 0 Å². The Morgan fingerprint density at radius 2 is 2.20 bits per heavy atom. The molecule has 0 radical (unpaired) electrons. The van der Waals surface area contributed by atoms with Crippen molar-refractivity contribution >= 4 is 44.0 Å². The lowest BCUT2D eigenvalue weighted by Gasteiger charge is -2.07. The second kappa shape index (κ2) is 5.85. The molecule has 0 unspecified atom stereocenters. The summed E-state index contributed by atoms with van der Waals surface area (Å²) in [5.41, 5.74) is 2.03. The Bertz CT molecular complexity index is 741. The highest BCUT2D eigenvalue weighted by Gasteiger charge is 2.04. The van der Waals surface area contributed by atoms with E-state index < -0.39 is 0 Å². The zero-order valence-electron chi connectivity index (χ0n) is 10.9. The van der Waals surface area contributed by atoms with E-state index in [1.54, 1.807) is 17.7 Å². The lowest BCUT2D eigenvalue weighted by molar-refractivity contribution is 0.978. The van der Waals surface area contributed by atoms with Crippen LogP contribution in [0.15, 0.2) is 34.4 Å². The number of hydrogen-bond acceptors (Lipinski definition) is 5. The third-order valence-corrected chi connectivity index (χ3v) is 4.41. The lowest BCUT2D eigenvalue weighted by atomic mass is 10.2. The Kier molecular flexibility index (Phi) is 3.93. The van der Waals surface area contributed by atoms with E-state index in [0.717, 1.165) is 44.9 Å². The van der Waals surface area contributed by atoms with Crippen molar-refractivity contribution in [1.82, 2.24) is 15.0 Å². The first-order valence-electron chi connectivity index (χ1n) is 6.27. The van der Waals surface area contributed by atoms with Crippen molar-refractivity contribution in [3.8, 4) is 0 Å². The molecule has 0 aliphatic rings. The van der Waals surface area contributed by atoms with Crippen LogP contribution in [0.25, 0.3) is 10.9 Å². The molecule has 20 heavy (non-hydrogen) atoms. The Morgan fingerprint density at radius 3 is 3.00 bits per heavy atom. The van der Waals surface area contributed by atoms with Crippen molar-refractivity contribution in [2.45, 2.75) is 13.3 Å². The summed E-state index contributed by atoms with van der Waals surface area (Å²) in [7, 11) is 0. The number of aromatic nitrogens is 3. The number of halogens is 1. The molecule has 0 fully saturated rings. The van der Waals surface area contributed by atoms with Gasteiger partial charge in [0.15, 0.2) is 0 Å². The molecule has 0 saturated carbocycles. The second-order valence-electron chi connectivity index (χ2n) is 4.44. The molecule has 0 spiro atoms. The van der Waals surface area contributed by atoms with Gasteiger partial charge in [0.1, 0.15) is 12.1 Å². The van der Waals surface area contributed by atoms with Crippen molar-refractivity contribution in [3.63, 3.8) is 0 Å². The van der Waals surface area contributed by atoms with Crippen LogP contribution in [0.2, 0.25) is 0 Å². The summed E-state index contributed by atoms with van der Waals surface area (Å²) in [5, 5.41) is 7.62. The molecule has 0 atom stereocenters. The Labute approximate surface area is 129 Å². The number of benzene rings is 1. The average Bonchev–Trinajstić information content (AvgIpc) is 2.85. The number of nitrogens with zero attached hydrogens (tertiary/aromatic N) is 3. The van der Waals surface area contributed by atoms with E-state index in [-0.39, 0.29) is 0 Å². The maximum Gasteiger partial charge on any atom is 0.137 e. The SMILES string of the molecule is Cc1csc(CCNc2ncnc3ccc(Br)cc23)n1. The normalized spacial score (nSPS) is 10.9. The molecule has 2 aromatic heterocycles. The lowest BCUT2D eigenvalue weighted by Crippen LogP contribution is -2.07. The number of thiazole rings is 1. The molecule has 0 aliphatic heterocycles. The van der Waals surface area contributed by atoms with Crippen LogP contribution >= 0.6 is 27.3 Å². The minimum absolute atomic E-state index is 0.811. The van der Waals surface area contributed by atoms with Crippen LogP contribution in [0, 0.1) is 6.92 Å². The molecule has 0 bridgehead atoms. The van der Waals surface area contributed by atoms with E-state index >= 15 is 0 Å². The van der Waals surface area contributed by atoms with Gasteiger partial charge in [0.25, 0.3) is 0 Å². The fourth-order valence-electron chi connectivity index (χ4n) is 1.98. The maximum absolute atomic E-state index is 4.46. The predicted molar refractivity (Wildman–Crippen MR) is 86.3 cm³/mol. The Hall–Kier alpha value is -1.53. The van der Waals surface area contributed by atoms with E-state index in [1.807, 2.05) is 25.1 Å². The highest BCUT2D eigenvalue weighted by atomic mass is 79.9. The van der Waals surface area contributed by atoms with Crippen molar-refractivity contribution in [3.05, 3.63) is 45.1 Å². The number of fused-ring (bicyclic) bond motifs is 1. The van der Waals surface area contributed by atoms with Gasteiger partial charge in [-0.2, -0.15) is 0 Å². The highest BCUT2D eigenvalue weighted by Crippen LogP contribution is 2.23. The fraction of sp³-hybridized carbons (Fsp3) is 0.214. The number of rotatable bonds is 4. The molecule has 3 rings (SSSR count). The third kappa shape index (κ3) is 2.96. The number of hydrogen-bond donors (Lipinski definition) is 1. The molecule has 2 heterocycles. The molecule has 3 aromatic rings. The predicted octanol–water partition coefficient (Wildman–Crippen LogP) is 3.81. The van der Waals surface area contributed by atoms with Crippen molar-refractivity contribution < 1.29 is 0 Å². The third-order valence-electron chi connectivity index (χ3n) is 2.90. The zero-order chi connectivity index (χ0) is 13.9. The second-order valence-corrected chi connectivity index (χ2v) is 6.30. The van der Waals surface area contributed by atoms with Crippen LogP contribution in [0.5, 0.6) is 0 Å². The van der Waals surface area contributed by atoms with E-state index in [2.05, 4.69) is 41.6 Å². The van der Waals surface area contributed by atoms with Crippen LogP contribution in [0.3, 0.4) is 0 Å². The van der Waals surface area contributed by atoms with Gasteiger partial charge in [-0.05, 0) is 25.1 Å². The molecule has 102 valence electrons. The summed E-state index contributed by atoms with van der Waals surface area (Å²) in [6.45, 7) is 2.83. The zero-order valence-corrected chi connectivity index (χ0v) is 13.3. The molecule has 1 aromatic carbocycles. The van der Waals surface area contributed by atoms with E-state index in [1.165, 1.54) is 0 Å². The highest BCUT2D eigenvalue weighted by molar-refractivity contribution is 9.10. The first-order valence-corrected chi connectivity index (χ1v) is 7.95. The van der Waals surface area contributed by atoms with Gasteiger partial charge in [-0.25, -0.2) is 15.0 Å². The van der Waals surface area contributed by atoms with Gasteiger partial charge < -0.3 is 5.32 Å². The van der Waals surface area contributed by atoms with Crippen molar-refractivity contribution in [1.29, 1.82) is 0 Å². The standard InChI is InChI=1S/C14H13BrN4S/c1-9-7-20-13(19-9)4-5-16-14-11-6-10(15)2-3-12(11)17-8-18-14/h2-3,6-8H,4-5H2,1H3,(H,16,17,18). The molecule has 1 N–H and O–H groups in total. The largest absolute Gasteiger partial charge is 0.369 e. The Balaban J connectivity index is 1.75. The quantitative estimate of drug-likeness (QED) is 0.778. The summed E-state index contributed by atoms with van der Waals surface area (Å²) in [5.74, 6) is 0.865. The molecule has 6 heteroatoms. The summed E-state index contributed by atoms with van der Waals surface area (Å²) in [4.78, 5) is 13.1. The minimum atomic E-state index is 0.811. The van der Waals surface area contributed by atoms with Gasteiger partial charge >= 0.3 is 0 Å². The fourth-order valence-corrected chi connectivity index (χ4v) is 3.11. The van der Waals surface area contributed by atoms with Gasteiger partial charge in [0.05, 0.1) is 10.5 Å². The maximum atomic E-state index is 4.46. The van der Waals surface area contributed by atoms with Gasteiger partial charge in [-0.3, -0.25) is 0 Å². The smallest absolute Gasteiger partial charge is 0.137 e. The van der Waals surface area contributed by atoms with Crippen LogP contribution < -0.4 is 5.32 Å². The molecular weight excluding hydrogens is 336 g/mol. The molecule has 0 amide bonds. The van der Waals surface area contributed by atoms with Gasteiger partial charge in [0, 0.05) is 33.9 Å². The summed E-state index contributed by atoms with van der Waals surface area (Å²) >= 11 is 5.18. The number of aryl methyl sites for hydroxylation is 1. The first kappa shape index (κ1) is 13.5. The van der Waals surface area contributed by atoms with E-state index in [9.17, 15) is 0 Å². The van der Waals surface area contributed by atoms with E-state index in [4.69, 9.17) is 0 Å².